The van der Waals surface area contributed by atoms with Gasteiger partial charge in [-0.25, -0.2) is 0 Å². The fraction of sp³-hybridized carbons (Fsp3) is 0.500. The number of halogens is 1. The van der Waals surface area contributed by atoms with Crippen LogP contribution in [0.1, 0.15) is 37.8 Å². The molecule has 0 saturated carbocycles. The van der Waals surface area contributed by atoms with Crippen molar-refractivity contribution in [2.45, 2.75) is 39.7 Å². The smallest absolute Gasteiger partial charge is 0.123 e. The molecule has 0 aliphatic heterocycles. The number of nitrogens with one attached hydrogen (secondary N) is 1. The molecule has 1 atom stereocenters. The van der Waals surface area contributed by atoms with E-state index in [1.54, 1.807) is 0 Å². The maximum absolute atomic E-state index is 6.25. The maximum atomic E-state index is 6.25. The van der Waals surface area contributed by atoms with Crippen molar-refractivity contribution in [3.63, 3.8) is 0 Å². The van der Waals surface area contributed by atoms with E-state index in [2.05, 4.69) is 25.1 Å². The van der Waals surface area contributed by atoms with Gasteiger partial charge in [0.1, 0.15) is 11.9 Å². The Kier molecular flexibility index (Phi) is 6.21. The van der Waals surface area contributed by atoms with Crippen molar-refractivity contribution in [1.29, 1.82) is 0 Å². The zero-order chi connectivity index (χ0) is 14.4. The molecule has 1 unspecified atom stereocenters. The lowest BCUT2D eigenvalue weighted by atomic mass is 10.0. The van der Waals surface area contributed by atoms with Gasteiger partial charge in [-0.05, 0) is 43.0 Å². The Balaban J connectivity index is 2.78. The largest absolute Gasteiger partial charge is 0.489 e. The van der Waals surface area contributed by atoms with E-state index in [0.717, 1.165) is 28.4 Å². The second kappa shape index (κ2) is 7.43. The fourth-order valence-corrected chi connectivity index (χ4v) is 2.28. The zero-order valence-corrected chi connectivity index (χ0v) is 12.8. The molecule has 3 heteroatoms. The number of aryl methyl sites for hydroxylation is 1. The molecule has 0 fully saturated rings. The van der Waals surface area contributed by atoms with Crippen molar-refractivity contribution < 1.29 is 4.74 Å². The number of hydrogen-bond donors (Lipinski definition) is 1. The minimum absolute atomic E-state index is 0.0632. The van der Waals surface area contributed by atoms with Crippen molar-refractivity contribution in [3.8, 4) is 18.1 Å². The Labute approximate surface area is 121 Å². The third kappa shape index (κ3) is 4.78. The molecule has 19 heavy (non-hydrogen) atoms. The van der Waals surface area contributed by atoms with Gasteiger partial charge in [0.25, 0.3) is 0 Å². The number of ether oxygens (including phenoxy) is 1. The second-order valence-corrected chi connectivity index (χ2v) is 5.46. The van der Waals surface area contributed by atoms with Gasteiger partial charge in [0.2, 0.25) is 0 Å². The molecule has 1 aromatic rings. The molecule has 1 N–H and O–H groups in total. The predicted octanol–water partition coefficient (Wildman–Crippen LogP) is 3.76. The average molecular weight is 280 g/mol. The standard InChI is InChI=1S/C16H22ClNO/c1-6-7-18-10-13(5)19-16-9-14(11(2)3)15(17)8-12(16)4/h1,8-9,11,13,18H,7,10H2,2-5H3. The molecule has 0 spiro atoms. The van der Waals surface area contributed by atoms with Crippen LogP contribution in [0.3, 0.4) is 0 Å². The van der Waals surface area contributed by atoms with Gasteiger partial charge in [-0.3, -0.25) is 0 Å². The maximum Gasteiger partial charge on any atom is 0.123 e. The summed E-state index contributed by atoms with van der Waals surface area (Å²) in [7, 11) is 0. The summed E-state index contributed by atoms with van der Waals surface area (Å²) in [6, 6.07) is 4.01. The van der Waals surface area contributed by atoms with E-state index in [-0.39, 0.29) is 6.10 Å². The first-order valence-corrected chi connectivity index (χ1v) is 6.94. The summed E-state index contributed by atoms with van der Waals surface area (Å²) in [6.07, 6.45) is 5.26. The molecule has 0 aliphatic carbocycles. The van der Waals surface area contributed by atoms with Gasteiger partial charge in [0.15, 0.2) is 0 Å². The number of rotatable bonds is 6. The van der Waals surface area contributed by atoms with Crippen LogP contribution in [0.15, 0.2) is 12.1 Å². The first-order valence-electron chi connectivity index (χ1n) is 6.56. The third-order valence-electron chi connectivity index (χ3n) is 2.90. The van der Waals surface area contributed by atoms with Crippen LogP contribution in [0, 0.1) is 19.3 Å². The highest BCUT2D eigenvalue weighted by Gasteiger charge is 2.12. The molecule has 1 rings (SSSR count). The second-order valence-electron chi connectivity index (χ2n) is 5.06. The van der Waals surface area contributed by atoms with Crippen molar-refractivity contribution in [1.82, 2.24) is 5.32 Å². The Morgan fingerprint density at radius 2 is 2.05 bits per heavy atom. The van der Waals surface area contributed by atoms with E-state index in [0.29, 0.717) is 12.5 Å². The summed E-state index contributed by atoms with van der Waals surface area (Å²) in [6.45, 7) is 9.56. The van der Waals surface area contributed by atoms with Crippen LogP contribution in [-0.2, 0) is 0 Å². The quantitative estimate of drug-likeness (QED) is 0.632. The predicted molar refractivity (Wildman–Crippen MR) is 82.1 cm³/mol. The lowest BCUT2D eigenvalue weighted by Gasteiger charge is -2.19. The van der Waals surface area contributed by atoms with Crippen molar-refractivity contribution in [2.24, 2.45) is 0 Å². The summed E-state index contributed by atoms with van der Waals surface area (Å²) in [5.74, 6) is 3.82. The average Bonchev–Trinajstić information content (AvgIpc) is 2.32. The van der Waals surface area contributed by atoms with Gasteiger partial charge in [-0.1, -0.05) is 31.4 Å². The molecular formula is C16H22ClNO. The van der Waals surface area contributed by atoms with Crippen LogP contribution in [0.2, 0.25) is 5.02 Å². The van der Waals surface area contributed by atoms with E-state index < -0.39 is 0 Å². The third-order valence-corrected chi connectivity index (χ3v) is 3.23. The lowest BCUT2D eigenvalue weighted by molar-refractivity contribution is 0.217. The Morgan fingerprint density at radius 3 is 2.63 bits per heavy atom. The topological polar surface area (TPSA) is 21.3 Å². The van der Waals surface area contributed by atoms with Crippen molar-refractivity contribution >= 4 is 11.6 Å². The van der Waals surface area contributed by atoms with Gasteiger partial charge in [0, 0.05) is 11.6 Å². The summed E-state index contributed by atoms with van der Waals surface area (Å²) < 4.78 is 5.95. The SMILES string of the molecule is C#CCNCC(C)Oc1cc(C(C)C)c(Cl)cc1C. The molecule has 0 aromatic heterocycles. The summed E-state index contributed by atoms with van der Waals surface area (Å²) >= 11 is 6.25. The Hall–Kier alpha value is -1.17. The van der Waals surface area contributed by atoms with E-state index in [1.165, 1.54) is 0 Å². The normalized spacial score (nSPS) is 12.3. The number of hydrogen-bond acceptors (Lipinski definition) is 2. The fourth-order valence-electron chi connectivity index (χ4n) is 1.84. The first kappa shape index (κ1) is 15.9. The van der Waals surface area contributed by atoms with Crippen LogP contribution in [0.4, 0.5) is 0 Å². The molecule has 2 nitrogen and oxygen atoms in total. The van der Waals surface area contributed by atoms with Gasteiger partial charge >= 0.3 is 0 Å². The molecule has 1 aromatic carbocycles. The molecule has 0 amide bonds. The van der Waals surface area contributed by atoms with Crippen LogP contribution in [0.25, 0.3) is 0 Å². The number of benzene rings is 1. The highest BCUT2D eigenvalue weighted by molar-refractivity contribution is 6.31. The first-order chi connectivity index (χ1) is 8.95. The highest BCUT2D eigenvalue weighted by atomic mass is 35.5. The van der Waals surface area contributed by atoms with Gasteiger partial charge in [-0.15, -0.1) is 6.42 Å². The Bertz CT molecular complexity index is 463. The van der Waals surface area contributed by atoms with Gasteiger partial charge in [0.05, 0.1) is 6.54 Å². The summed E-state index contributed by atoms with van der Waals surface area (Å²) in [5, 5.41) is 3.94. The van der Waals surface area contributed by atoms with Crippen LogP contribution in [-0.4, -0.2) is 19.2 Å². The van der Waals surface area contributed by atoms with E-state index in [9.17, 15) is 0 Å². The molecular weight excluding hydrogens is 258 g/mol. The van der Waals surface area contributed by atoms with E-state index in [4.69, 9.17) is 22.8 Å². The Morgan fingerprint density at radius 1 is 1.37 bits per heavy atom. The van der Waals surface area contributed by atoms with Gasteiger partial charge in [-0.2, -0.15) is 0 Å². The minimum atomic E-state index is 0.0632. The molecule has 0 aliphatic rings. The van der Waals surface area contributed by atoms with Crippen LogP contribution in [0.5, 0.6) is 5.75 Å². The van der Waals surface area contributed by atoms with Crippen LogP contribution >= 0.6 is 11.6 Å². The van der Waals surface area contributed by atoms with E-state index >= 15 is 0 Å². The number of terminal acetylenes is 1. The molecule has 0 heterocycles. The van der Waals surface area contributed by atoms with E-state index in [1.807, 2.05) is 26.0 Å². The molecule has 0 saturated heterocycles. The summed E-state index contributed by atoms with van der Waals surface area (Å²) in [5.41, 5.74) is 2.17. The summed E-state index contributed by atoms with van der Waals surface area (Å²) in [4.78, 5) is 0. The molecule has 0 bridgehead atoms. The lowest BCUT2D eigenvalue weighted by Crippen LogP contribution is -2.29. The highest BCUT2D eigenvalue weighted by Crippen LogP contribution is 2.31. The van der Waals surface area contributed by atoms with Crippen molar-refractivity contribution in [3.05, 3.63) is 28.3 Å². The van der Waals surface area contributed by atoms with Crippen molar-refractivity contribution in [2.75, 3.05) is 13.1 Å². The van der Waals surface area contributed by atoms with Crippen LogP contribution < -0.4 is 10.1 Å². The minimum Gasteiger partial charge on any atom is -0.489 e. The molecule has 0 radical (unpaired) electrons. The zero-order valence-electron chi connectivity index (χ0n) is 12.1. The molecule has 104 valence electrons. The monoisotopic (exact) mass is 279 g/mol. The van der Waals surface area contributed by atoms with Gasteiger partial charge < -0.3 is 10.1 Å².